The van der Waals surface area contributed by atoms with Gasteiger partial charge in [0.2, 0.25) is 0 Å². The molecule has 5 nitrogen and oxygen atoms in total. The van der Waals surface area contributed by atoms with E-state index in [1.54, 1.807) is 17.8 Å². The number of hydrogen-bond donors (Lipinski definition) is 2. The summed E-state index contributed by atoms with van der Waals surface area (Å²) in [5.41, 5.74) is 2.68. The number of nitrogens with one attached hydrogen (secondary N) is 2. The number of nitrogens with zero attached hydrogens (tertiary/aromatic N) is 2. The summed E-state index contributed by atoms with van der Waals surface area (Å²) in [4.78, 5) is 12.8. The molecular weight excluding hydrogens is 405 g/mol. The number of rotatable bonds is 4. The third-order valence-corrected chi connectivity index (χ3v) is 5.67. The molecule has 0 bridgehead atoms. The number of amides is 1. The molecule has 0 spiro atoms. The average Bonchev–Trinajstić information content (AvgIpc) is 3.08. The molecule has 2 heterocycles. The summed E-state index contributed by atoms with van der Waals surface area (Å²) in [5.74, 6) is -3.24. The van der Waals surface area contributed by atoms with Crippen molar-refractivity contribution in [3.05, 3.63) is 76.7 Å². The summed E-state index contributed by atoms with van der Waals surface area (Å²) < 4.78 is 43.5. The fourth-order valence-electron chi connectivity index (χ4n) is 4.14. The van der Waals surface area contributed by atoms with Gasteiger partial charge in [0.05, 0.1) is 11.3 Å². The average molecular weight is 428 g/mol. The van der Waals surface area contributed by atoms with Crippen LogP contribution in [0, 0.1) is 24.4 Å². The van der Waals surface area contributed by atoms with E-state index >= 15 is 0 Å². The van der Waals surface area contributed by atoms with Crippen LogP contribution in [-0.4, -0.2) is 34.8 Å². The molecule has 4 rings (SSSR count). The van der Waals surface area contributed by atoms with E-state index in [-0.39, 0.29) is 17.5 Å². The van der Waals surface area contributed by atoms with Gasteiger partial charge in [0.15, 0.2) is 11.6 Å². The third kappa shape index (κ3) is 4.34. The summed E-state index contributed by atoms with van der Waals surface area (Å²) in [7, 11) is 1.79. The maximum absolute atomic E-state index is 14.8. The van der Waals surface area contributed by atoms with E-state index in [0.29, 0.717) is 36.3 Å². The van der Waals surface area contributed by atoms with Crippen LogP contribution in [0.2, 0.25) is 0 Å². The zero-order chi connectivity index (χ0) is 22.1. The van der Waals surface area contributed by atoms with Gasteiger partial charge in [0, 0.05) is 37.3 Å². The van der Waals surface area contributed by atoms with Crippen LogP contribution in [0.15, 0.2) is 42.6 Å². The first-order valence-corrected chi connectivity index (χ1v) is 10.1. The van der Waals surface area contributed by atoms with Crippen LogP contribution in [0.1, 0.15) is 33.8 Å². The molecule has 1 saturated heterocycles. The molecule has 31 heavy (non-hydrogen) atoms. The Hall–Kier alpha value is -3.13. The Bertz CT molecular complexity index is 1130. The van der Waals surface area contributed by atoms with Gasteiger partial charge in [-0.05, 0) is 55.3 Å². The molecule has 0 unspecified atom stereocenters. The normalized spacial score (nSPS) is 18.7. The summed E-state index contributed by atoms with van der Waals surface area (Å²) in [6, 6.07) is 7.80. The largest absolute Gasteiger partial charge is 0.347 e. The van der Waals surface area contributed by atoms with Gasteiger partial charge in [0.1, 0.15) is 5.82 Å². The lowest BCUT2D eigenvalue weighted by molar-refractivity contribution is 0.0920. The van der Waals surface area contributed by atoms with Gasteiger partial charge in [-0.3, -0.25) is 9.48 Å². The Morgan fingerprint density at radius 3 is 2.61 bits per heavy atom. The van der Waals surface area contributed by atoms with E-state index in [2.05, 4.69) is 15.7 Å². The number of carbonyl (C=O) groups excluding carboxylic acids is 1. The lowest BCUT2D eigenvalue weighted by Crippen LogP contribution is -2.50. The van der Waals surface area contributed by atoms with Crippen LogP contribution in [0.4, 0.5) is 13.2 Å². The highest BCUT2D eigenvalue weighted by atomic mass is 19.2. The standard InChI is InChI=1S/C23H23F3N4O/c1-13-12-30(2)29-22(13)15-3-5-17(19(25)10-15)23(31)28-21-11-27-8-7-16(21)14-4-6-18(24)20(26)9-14/h3-6,9-10,12,16,21,27H,7-8,11H2,1-2H3,(H,28,31)/t16-,21+/m0/s1. The van der Waals surface area contributed by atoms with E-state index in [1.165, 1.54) is 18.2 Å². The van der Waals surface area contributed by atoms with Crippen molar-refractivity contribution in [2.75, 3.05) is 13.1 Å². The van der Waals surface area contributed by atoms with Crippen molar-refractivity contribution in [2.45, 2.75) is 25.3 Å². The minimum atomic E-state index is -0.924. The van der Waals surface area contributed by atoms with Gasteiger partial charge in [0.25, 0.3) is 5.91 Å². The molecule has 1 aliphatic rings. The second-order valence-corrected chi connectivity index (χ2v) is 7.88. The van der Waals surface area contributed by atoms with Crippen LogP contribution in [0.5, 0.6) is 0 Å². The van der Waals surface area contributed by atoms with Crippen molar-refractivity contribution >= 4 is 5.91 Å². The maximum atomic E-state index is 14.8. The van der Waals surface area contributed by atoms with Crippen molar-refractivity contribution < 1.29 is 18.0 Å². The predicted octanol–water partition coefficient (Wildman–Crippen LogP) is 3.69. The van der Waals surface area contributed by atoms with Crippen molar-refractivity contribution in [1.82, 2.24) is 20.4 Å². The van der Waals surface area contributed by atoms with Gasteiger partial charge >= 0.3 is 0 Å². The second-order valence-electron chi connectivity index (χ2n) is 7.88. The van der Waals surface area contributed by atoms with Crippen molar-refractivity contribution in [3.63, 3.8) is 0 Å². The van der Waals surface area contributed by atoms with E-state index in [0.717, 1.165) is 17.7 Å². The number of hydrogen-bond acceptors (Lipinski definition) is 3. The van der Waals surface area contributed by atoms with Crippen LogP contribution >= 0.6 is 0 Å². The Morgan fingerprint density at radius 1 is 1.13 bits per heavy atom. The lowest BCUT2D eigenvalue weighted by atomic mass is 9.85. The van der Waals surface area contributed by atoms with Crippen LogP contribution in [0.25, 0.3) is 11.3 Å². The van der Waals surface area contributed by atoms with Gasteiger partial charge in [-0.25, -0.2) is 13.2 Å². The molecular formula is C23H23F3N4O. The molecule has 2 atom stereocenters. The maximum Gasteiger partial charge on any atom is 0.254 e. The molecule has 0 saturated carbocycles. The molecule has 2 N–H and O–H groups in total. The molecule has 1 fully saturated rings. The monoisotopic (exact) mass is 428 g/mol. The fourth-order valence-corrected chi connectivity index (χ4v) is 4.14. The first-order chi connectivity index (χ1) is 14.8. The van der Waals surface area contributed by atoms with Gasteiger partial charge in [-0.15, -0.1) is 0 Å². The molecule has 0 radical (unpaired) electrons. The highest BCUT2D eigenvalue weighted by Gasteiger charge is 2.29. The van der Waals surface area contributed by atoms with Crippen molar-refractivity contribution in [2.24, 2.45) is 7.05 Å². The number of benzene rings is 2. The molecule has 1 amide bonds. The Kier molecular flexibility index (Phi) is 5.82. The molecule has 0 aliphatic carbocycles. The number of halogens is 3. The molecule has 162 valence electrons. The minimum Gasteiger partial charge on any atom is -0.347 e. The van der Waals surface area contributed by atoms with Crippen molar-refractivity contribution in [1.29, 1.82) is 0 Å². The summed E-state index contributed by atoms with van der Waals surface area (Å²) in [6.07, 6.45) is 2.47. The minimum absolute atomic E-state index is 0.0769. The zero-order valence-electron chi connectivity index (χ0n) is 17.3. The summed E-state index contributed by atoms with van der Waals surface area (Å²) >= 11 is 0. The Morgan fingerprint density at radius 2 is 1.94 bits per heavy atom. The Balaban J connectivity index is 1.55. The smallest absolute Gasteiger partial charge is 0.254 e. The molecule has 8 heteroatoms. The second kappa shape index (κ2) is 8.55. The number of aryl methyl sites for hydroxylation is 2. The van der Waals surface area contributed by atoms with Crippen LogP contribution < -0.4 is 10.6 Å². The van der Waals surface area contributed by atoms with E-state index in [9.17, 15) is 18.0 Å². The molecule has 1 aromatic heterocycles. The Labute approximate surface area is 178 Å². The summed E-state index contributed by atoms with van der Waals surface area (Å²) in [6.45, 7) is 3.01. The molecule has 1 aliphatic heterocycles. The molecule has 2 aromatic carbocycles. The topological polar surface area (TPSA) is 59.0 Å². The van der Waals surface area contributed by atoms with E-state index in [1.807, 2.05) is 13.1 Å². The highest BCUT2D eigenvalue weighted by molar-refractivity contribution is 5.95. The van der Waals surface area contributed by atoms with Crippen molar-refractivity contribution in [3.8, 4) is 11.3 Å². The zero-order valence-corrected chi connectivity index (χ0v) is 17.3. The van der Waals surface area contributed by atoms with E-state index < -0.39 is 23.4 Å². The number of piperidine rings is 1. The van der Waals surface area contributed by atoms with Gasteiger partial charge in [-0.2, -0.15) is 5.10 Å². The van der Waals surface area contributed by atoms with Gasteiger partial charge < -0.3 is 10.6 Å². The van der Waals surface area contributed by atoms with E-state index in [4.69, 9.17) is 0 Å². The fraction of sp³-hybridized carbons (Fsp3) is 0.304. The number of carbonyl (C=O) groups is 1. The lowest BCUT2D eigenvalue weighted by Gasteiger charge is -2.33. The first kappa shape index (κ1) is 21.1. The number of aromatic nitrogens is 2. The van der Waals surface area contributed by atoms with Crippen LogP contribution in [-0.2, 0) is 7.05 Å². The molecule has 3 aromatic rings. The first-order valence-electron chi connectivity index (χ1n) is 10.1. The van der Waals surface area contributed by atoms with Crippen LogP contribution in [0.3, 0.4) is 0 Å². The highest BCUT2D eigenvalue weighted by Crippen LogP contribution is 2.28. The predicted molar refractivity (Wildman–Crippen MR) is 111 cm³/mol. The van der Waals surface area contributed by atoms with Gasteiger partial charge in [-0.1, -0.05) is 12.1 Å². The SMILES string of the molecule is Cc1cn(C)nc1-c1ccc(C(=O)N[C@@H]2CNCC[C@H]2c2ccc(F)c(F)c2)c(F)c1. The quantitative estimate of drug-likeness (QED) is 0.667. The third-order valence-electron chi connectivity index (χ3n) is 5.67. The summed E-state index contributed by atoms with van der Waals surface area (Å²) in [5, 5.41) is 10.4.